The summed E-state index contributed by atoms with van der Waals surface area (Å²) >= 11 is 0. The molecule has 0 N–H and O–H groups in total. The highest BCUT2D eigenvalue weighted by Gasteiger charge is 2.01. The van der Waals surface area contributed by atoms with Gasteiger partial charge in [-0.15, -0.1) is 0 Å². The van der Waals surface area contributed by atoms with Crippen LogP contribution >= 0.6 is 0 Å². The largest absolute Gasteiger partial charge is 0.508 e. The fourth-order valence-corrected chi connectivity index (χ4v) is 1.25. The maximum Gasteiger partial charge on any atom is 0.508 e. The van der Waals surface area contributed by atoms with E-state index in [-0.39, 0.29) is 6.61 Å². The van der Waals surface area contributed by atoms with Gasteiger partial charge in [0.1, 0.15) is 6.61 Å². The van der Waals surface area contributed by atoms with Crippen molar-refractivity contribution in [2.75, 3.05) is 13.2 Å². The molecule has 0 aromatic heterocycles. The highest BCUT2D eigenvalue weighted by molar-refractivity contribution is 5.59. The van der Waals surface area contributed by atoms with Gasteiger partial charge in [0.2, 0.25) is 0 Å². The van der Waals surface area contributed by atoms with Crippen LogP contribution in [0.4, 0.5) is 4.79 Å². The zero-order chi connectivity index (χ0) is 11.6. The summed E-state index contributed by atoms with van der Waals surface area (Å²) in [5, 5.41) is 0. The van der Waals surface area contributed by atoms with Gasteiger partial charge in [0.15, 0.2) is 0 Å². The Labute approximate surface area is 95.7 Å². The quantitative estimate of drug-likeness (QED) is 0.420. The second-order valence-corrected chi connectivity index (χ2v) is 3.29. The van der Waals surface area contributed by atoms with Crippen molar-refractivity contribution in [3.8, 4) is 0 Å². The van der Waals surface area contributed by atoms with Gasteiger partial charge in [-0.25, -0.2) is 4.79 Å². The standard InChI is InChI=1S/C13H16O3/c1-2-10-15-13(14)16-11-6-9-12-7-4-3-5-8-12/h2-5,7-8H,1,6,9-11H2. The summed E-state index contributed by atoms with van der Waals surface area (Å²) in [6, 6.07) is 10.1. The topological polar surface area (TPSA) is 35.5 Å². The molecule has 0 saturated heterocycles. The molecule has 0 amide bonds. The average molecular weight is 220 g/mol. The zero-order valence-corrected chi connectivity index (χ0v) is 9.22. The van der Waals surface area contributed by atoms with Crippen molar-refractivity contribution in [3.63, 3.8) is 0 Å². The van der Waals surface area contributed by atoms with Crippen molar-refractivity contribution in [1.82, 2.24) is 0 Å². The van der Waals surface area contributed by atoms with Gasteiger partial charge in [0.25, 0.3) is 0 Å². The Hall–Kier alpha value is -1.77. The summed E-state index contributed by atoms with van der Waals surface area (Å²) in [6.45, 7) is 4.01. The van der Waals surface area contributed by atoms with E-state index >= 15 is 0 Å². The number of benzene rings is 1. The van der Waals surface area contributed by atoms with E-state index < -0.39 is 6.16 Å². The SMILES string of the molecule is C=CCOC(=O)OCCCc1ccccc1. The molecule has 0 saturated carbocycles. The number of rotatable bonds is 6. The molecule has 0 atom stereocenters. The molecule has 0 spiro atoms. The smallest absolute Gasteiger partial charge is 0.434 e. The highest BCUT2D eigenvalue weighted by Crippen LogP contribution is 2.02. The Morgan fingerprint density at radius 1 is 1.25 bits per heavy atom. The fraction of sp³-hybridized carbons (Fsp3) is 0.308. The zero-order valence-electron chi connectivity index (χ0n) is 9.22. The molecule has 0 aliphatic rings. The van der Waals surface area contributed by atoms with Gasteiger partial charge in [0, 0.05) is 0 Å². The minimum absolute atomic E-state index is 0.192. The Kier molecular flexibility index (Phi) is 5.78. The summed E-state index contributed by atoms with van der Waals surface area (Å²) in [7, 11) is 0. The van der Waals surface area contributed by atoms with Crippen molar-refractivity contribution < 1.29 is 14.3 Å². The lowest BCUT2D eigenvalue weighted by molar-refractivity contribution is 0.0625. The van der Waals surface area contributed by atoms with Crippen LogP contribution in [0.25, 0.3) is 0 Å². The van der Waals surface area contributed by atoms with Crippen molar-refractivity contribution in [1.29, 1.82) is 0 Å². The average Bonchev–Trinajstić information content (AvgIpc) is 2.33. The van der Waals surface area contributed by atoms with Crippen LogP contribution in [0, 0.1) is 0 Å². The molecule has 1 rings (SSSR count). The van der Waals surface area contributed by atoms with E-state index in [0.717, 1.165) is 12.8 Å². The second kappa shape index (κ2) is 7.51. The normalized spacial score (nSPS) is 9.50. The number of carbonyl (C=O) groups excluding carboxylic acids is 1. The third-order valence-corrected chi connectivity index (χ3v) is 1.99. The van der Waals surface area contributed by atoms with Gasteiger partial charge in [-0.05, 0) is 18.4 Å². The van der Waals surface area contributed by atoms with Gasteiger partial charge in [-0.2, -0.15) is 0 Å². The number of aryl methyl sites for hydroxylation is 1. The molecule has 3 heteroatoms. The van der Waals surface area contributed by atoms with E-state index in [4.69, 9.17) is 4.74 Å². The lowest BCUT2D eigenvalue weighted by atomic mass is 10.1. The fourth-order valence-electron chi connectivity index (χ4n) is 1.25. The van der Waals surface area contributed by atoms with E-state index in [0.29, 0.717) is 6.61 Å². The lowest BCUT2D eigenvalue weighted by Gasteiger charge is -2.04. The highest BCUT2D eigenvalue weighted by atomic mass is 16.7. The number of hydrogen-bond donors (Lipinski definition) is 0. The number of ether oxygens (including phenoxy) is 2. The molecule has 0 radical (unpaired) electrons. The molecule has 86 valence electrons. The first-order valence-corrected chi connectivity index (χ1v) is 5.27. The minimum atomic E-state index is -0.632. The molecule has 0 fully saturated rings. The van der Waals surface area contributed by atoms with Gasteiger partial charge in [-0.3, -0.25) is 0 Å². The third-order valence-electron chi connectivity index (χ3n) is 1.99. The maximum atomic E-state index is 10.9. The van der Waals surface area contributed by atoms with Gasteiger partial charge in [0.05, 0.1) is 6.61 Å². The van der Waals surface area contributed by atoms with E-state index in [2.05, 4.69) is 23.4 Å². The van der Waals surface area contributed by atoms with Crippen LogP contribution in [-0.4, -0.2) is 19.4 Å². The second-order valence-electron chi connectivity index (χ2n) is 3.29. The molecule has 0 aliphatic heterocycles. The molecule has 0 aliphatic carbocycles. The van der Waals surface area contributed by atoms with Crippen LogP contribution in [0.3, 0.4) is 0 Å². The van der Waals surface area contributed by atoms with Crippen LogP contribution in [0.2, 0.25) is 0 Å². The van der Waals surface area contributed by atoms with Crippen LogP contribution in [0.1, 0.15) is 12.0 Å². The van der Waals surface area contributed by atoms with Crippen molar-refractivity contribution in [2.24, 2.45) is 0 Å². The summed E-state index contributed by atoms with van der Waals surface area (Å²) in [6.07, 6.45) is 2.57. The van der Waals surface area contributed by atoms with E-state index in [1.165, 1.54) is 11.6 Å². The summed E-state index contributed by atoms with van der Waals surface area (Å²) in [5.41, 5.74) is 1.24. The first kappa shape index (κ1) is 12.3. The maximum absolute atomic E-state index is 10.9. The van der Waals surface area contributed by atoms with Crippen molar-refractivity contribution in [2.45, 2.75) is 12.8 Å². The molecule has 0 heterocycles. The first-order chi connectivity index (χ1) is 7.83. The molecular weight excluding hydrogens is 204 g/mol. The predicted molar refractivity (Wildman–Crippen MR) is 62.3 cm³/mol. The summed E-state index contributed by atoms with van der Waals surface area (Å²) in [4.78, 5) is 10.9. The molecule has 1 aromatic carbocycles. The first-order valence-electron chi connectivity index (χ1n) is 5.27. The number of hydrogen-bond acceptors (Lipinski definition) is 3. The van der Waals surface area contributed by atoms with E-state index in [9.17, 15) is 4.79 Å². The number of carbonyl (C=O) groups is 1. The Morgan fingerprint density at radius 2 is 2.00 bits per heavy atom. The third kappa shape index (κ3) is 5.20. The molecule has 3 nitrogen and oxygen atoms in total. The van der Waals surface area contributed by atoms with Crippen LogP contribution in [0.15, 0.2) is 43.0 Å². The molecular formula is C13H16O3. The summed E-state index contributed by atoms with van der Waals surface area (Å²) < 4.78 is 9.52. The molecule has 1 aromatic rings. The van der Waals surface area contributed by atoms with E-state index in [1.807, 2.05) is 18.2 Å². The van der Waals surface area contributed by atoms with Crippen LogP contribution in [0.5, 0.6) is 0 Å². The Balaban J connectivity index is 2.08. The molecule has 16 heavy (non-hydrogen) atoms. The van der Waals surface area contributed by atoms with E-state index in [1.54, 1.807) is 0 Å². The van der Waals surface area contributed by atoms with Crippen molar-refractivity contribution >= 4 is 6.16 Å². The molecule has 0 unspecified atom stereocenters. The minimum Gasteiger partial charge on any atom is -0.434 e. The Bertz CT molecular complexity index is 319. The molecule has 0 bridgehead atoms. The lowest BCUT2D eigenvalue weighted by Crippen LogP contribution is -2.08. The van der Waals surface area contributed by atoms with Gasteiger partial charge in [-0.1, -0.05) is 43.0 Å². The van der Waals surface area contributed by atoms with Gasteiger partial charge >= 0.3 is 6.16 Å². The van der Waals surface area contributed by atoms with Crippen LogP contribution < -0.4 is 0 Å². The summed E-state index contributed by atoms with van der Waals surface area (Å²) in [5.74, 6) is 0. The predicted octanol–water partition coefficient (Wildman–Crippen LogP) is 2.96. The van der Waals surface area contributed by atoms with Crippen LogP contribution in [-0.2, 0) is 15.9 Å². The Morgan fingerprint density at radius 3 is 2.69 bits per heavy atom. The van der Waals surface area contributed by atoms with Gasteiger partial charge < -0.3 is 9.47 Å². The monoisotopic (exact) mass is 220 g/mol. The van der Waals surface area contributed by atoms with Crippen molar-refractivity contribution in [3.05, 3.63) is 48.6 Å².